The molecule has 0 saturated carbocycles. The van der Waals surface area contributed by atoms with Crippen molar-refractivity contribution in [2.45, 2.75) is 56.1 Å². The molecule has 2 fully saturated rings. The number of anilines is 2. The van der Waals surface area contributed by atoms with Crippen molar-refractivity contribution in [1.82, 2.24) is 9.88 Å². The van der Waals surface area contributed by atoms with Crippen molar-refractivity contribution < 1.29 is 17.2 Å². The lowest BCUT2D eigenvalue weighted by Gasteiger charge is -2.32. The summed E-state index contributed by atoms with van der Waals surface area (Å²) in [6.07, 6.45) is 4.77. The largest absolute Gasteiger partial charge is 0.355 e. The Bertz CT molecular complexity index is 1010. The molecule has 2 atom stereocenters. The van der Waals surface area contributed by atoms with Gasteiger partial charge in [0.15, 0.2) is 11.6 Å². The van der Waals surface area contributed by atoms with Crippen LogP contribution < -0.4 is 9.62 Å². The molecule has 1 N–H and O–H groups in total. The molecule has 1 aromatic heterocycles. The van der Waals surface area contributed by atoms with Gasteiger partial charge in [0.1, 0.15) is 10.7 Å². The Morgan fingerprint density at radius 1 is 1.07 bits per heavy atom. The number of rotatable bonds is 5. The summed E-state index contributed by atoms with van der Waals surface area (Å²) in [4.78, 5) is 9.18. The molecule has 30 heavy (non-hydrogen) atoms. The Morgan fingerprint density at radius 2 is 1.83 bits per heavy atom. The van der Waals surface area contributed by atoms with E-state index in [0.717, 1.165) is 37.5 Å². The van der Waals surface area contributed by atoms with Crippen LogP contribution in [0.5, 0.6) is 0 Å². The van der Waals surface area contributed by atoms with Gasteiger partial charge < -0.3 is 4.90 Å². The highest BCUT2D eigenvalue weighted by Gasteiger charge is 2.38. The summed E-state index contributed by atoms with van der Waals surface area (Å²) < 4.78 is 53.8. The Hall–Kier alpha value is -2.26. The van der Waals surface area contributed by atoms with Gasteiger partial charge in [-0.05, 0) is 57.4 Å². The van der Waals surface area contributed by atoms with Crippen molar-refractivity contribution in [3.63, 3.8) is 0 Å². The van der Waals surface area contributed by atoms with E-state index < -0.39 is 21.7 Å². The minimum Gasteiger partial charge on any atom is -0.355 e. The van der Waals surface area contributed by atoms with Crippen molar-refractivity contribution >= 4 is 21.5 Å². The lowest BCUT2D eigenvalue weighted by atomic mass is 10.1. The van der Waals surface area contributed by atoms with E-state index in [1.165, 1.54) is 31.2 Å². The van der Waals surface area contributed by atoms with Crippen LogP contribution in [0, 0.1) is 11.6 Å². The summed E-state index contributed by atoms with van der Waals surface area (Å²) in [5, 5.41) is 0. The number of aromatic nitrogens is 1. The summed E-state index contributed by atoms with van der Waals surface area (Å²) in [7, 11) is -3.95. The Balaban J connectivity index is 1.49. The van der Waals surface area contributed by atoms with Crippen molar-refractivity contribution in [2.24, 2.45) is 0 Å². The molecule has 3 heterocycles. The Morgan fingerprint density at radius 3 is 2.50 bits per heavy atom. The van der Waals surface area contributed by atoms with Gasteiger partial charge in [-0.3, -0.25) is 9.62 Å². The maximum Gasteiger partial charge on any atom is 0.263 e. The van der Waals surface area contributed by atoms with E-state index in [9.17, 15) is 17.2 Å². The minimum atomic E-state index is -3.95. The molecule has 6 nitrogen and oxygen atoms in total. The third-order valence-electron chi connectivity index (χ3n) is 5.96. The van der Waals surface area contributed by atoms with Crippen molar-refractivity contribution in [1.29, 1.82) is 0 Å². The predicted octanol–water partition coefficient (Wildman–Crippen LogP) is 3.61. The monoisotopic (exact) mass is 436 g/mol. The van der Waals surface area contributed by atoms with Gasteiger partial charge in [-0.25, -0.2) is 22.2 Å². The molecule has 2 bridgehead atoms. The first-order valence-electron chi connectivity index (χ1n) is 10.2. The maximum absolute atomic E-state index is 13.4. The van der Waals surface area contributed by atoms with Gasteiger partial charge in [-0.1, -0.05) is 0 Å². The fourth-order valence-electron chi connectivity index (χ4n) is 4.65. The smallest absolute Gasteiger partial charge is 0.263 e. The number of hydrogen-bond acceptors (Lipinski definition) is 5. The number of nitrogens with one attached hydrogen (secondary N) is 1. The second-order valence-corrected chi connectivity index (χ2v) is 9.93. The normalized spacial score (nSPS) is 22.4. The Labute approximate surface area is 176 Å². The van der Waals surface area contributed by atoms with Crippen LogP contribution in [0.2, 0.25) is 0 Å². The van der Waals surface area contributed by atoms with Crippen molar-refractivity contribution in [2.75, 3.05) is 22.7 Å². The average molecular weight is 437 g/mol. The molecule has 0 spiro atoms. The number of nitrogens with zero attached hydrogens (tertiary/aromatic N) is 3. The summed E-state index contributed by atoms with van der Waals surface area (Å²) in [6, 6.07) is 7.64. The van der Waals surface area contributed by atoms with Gasteiger partial charge in [-0.2, -0.15) is 0 Å². The SMILES string of the molecule is CC(C)N1C2CCC1CN(c1ccc(S(=O)(=O)Nc3ccc(F)c(F)c3)cn1)CC2. The van der Waals surface area contributed by atoms with Crippen LogP contribution in [0.3, 0.4) is 0 Å². The molecule has 2 saturated heterocycles. The molecule has 9 heteroatoms. The van der Waals surface area contributed by atoms with Gasteiger partial charge in [0.2, 0.25) is 0 Å². The van der Waals surface area contributed by atoms with Crippen molar-refractivity contribution in [3.05, 3.63) is 48.2 Å². The molecule has 162 valence electrons. The fraction of sp³-hybridized carbons (Fsp3) is 0.476. The third kappa shape index (κ3) is 4.13. The summed E-state index contributed by atoms with van der Waals surface area (Å²) in [5.74, 6) is -1.40. The second kappa shape index (κ2) is 8.11. The zero-order valence-corrected chi connectivity index (χ0v) is 17.9. The van der Waals surface area contributed by atoms with E-state index in [4.69, 9.17) is 0 Å². The molecule has 2 aromatic rings. The summed E-state index contributed by atoms with van der Waals surface area (Å²) in [6.45, 7) is 6.23. The maximum atomic E-state index is 13.4. The first kappa shape index (κ1) is 21.0. The van der Waals surface area contributed by atoms with E-state index in [1.807, 2.05) is 0 Å². The molecule has 0 radical (unpaired) electrons. The number of halogens is 2. The lowest BCUT2D eigenvalue weighted by Crippen LogP contribution is -2.43. The first-order chi connectivity index (χ1) is 14.2. The molecule has 0 aliphatic carbocycles. The highest BCUT2D eigenvalue weighted by Crippen LogP contribution is 2.33. The quantitative estimate of drug-likeness (QED) is 0.776. The average Bonchev–Trinajstić information content (AvgIpc) is 2.99. The van der Waals surface area contributed by atoms with Gasteiger partial charge in [-0.15, -0.1) is 0 Å². The molecule has 2 aliphatic rings. The van der Waals surface area contributed by atoms with E-state index in [1.54, 1.807) is 6.07 Å². The topological polar surface area (TPSA) is 65.5 Å². The van der Waals surface area contributed by atoms with Crippen LogP contribution in [0.15, 0.2) is 41.4 Å². The number of sulfonamides is 1. The summed E-state index contributed by atoms with van der Waals surface area (Å²) >= 11 is 0. The number of benzene rings is 1. The lowest BCUT2D eigenvalue weighted by molar-refractivity contribution is 0.158. The van der Waals surface area contributed by atoms with Crippen LogP contribution in [0.4, 0.5) is 20.3 Å². The van der Waals surface area contributed by atoms with E-state index in [0.29, 0.717) is 18.1 Å². The number of hydrogen-bond donors (Lipinski definition) is 1. The zero-order valence-electron chi connectivity index (χ0n) is 17.1. The molecule has 4 rings (SSSR count). The van der Waals surface area contributed by atoms with Gasteiger partial charge >= 0.3 is 0 Å². The van der Waals surface area contributed by atoms with E-state index >= 15 is 0 Å². The van der Waals surface area contributed by atoms with Crippen LogP contribution in [0.1, 0.15) is 33.1 Å². The van der Waals surface area contributed by atoms with Crippen LogP contribution in [-0.4, -0.2) is 49.5 Å². The standard InChI is InChI=1S/C21H26F2N4O2S/c1-14(2)27-16-4-5-17(27)13-26(10-9-16)21-8-6-18(12-24-21)30(28,29)25-15-3-7-19(22)20(23)11-15/h3,6-8,11-12,14,16-17,25H,4-5,9-10,13H2,1-2H3. The van der Waals surface area contributed by atoms with Gasteiger partial charge in [0, 0.05) is 43.5 Å². The molecular weight excluding hydrogens is 410 g/mol. The molecule has 1 aromatic carbocycles. The zero-order chi connectivity index (χ0) is 21.5. The van der Waals surface area contributed by atoms with Gasteiger partial charge in [0.25, 0.3) is 10.0 Å². The molecule has 0 amide bonds. The minimum absolute atomic E-state index is 0.0314. The van der Waals surface area contributed by atoms with Crippen LogP contribution >= 0.6 is 0 Å². The number of pyridine rings is 1. The number of fused-ring (bicyclic) bond motifs is 2. The molecule has 2 unspecified atom stereocenters. The fourth-order valence-corrected chi connectivity index (χ4v) is 5.65. The highest BCUT2D eigenvalue weighted by molar-refractivity contribution is 7.92. The predicted molar refractivity (Wildman–Crippen MR) is 112 cm³/mol. The molecular formula is C21H26F2N4O2S. The first-order valence-corrected chi connectivity index (χ1v) is 11.7. The Kier molecular flexibility index (Phi) is 5.67. The van der Waals surface area contributed by atoms with E-state index in [2.05, 4.69) is 33.4 Å². The van der Waals surface area contributed by atoms with Gasteiger partial charge in [0.05, 0.1) is 5.69 Å². The third-order valence-corrected chi connectivity index (χ3v) is 7.33. The molecule has 2 aliphatic heterocycles. The van der Waals surface area contributed by atoms with E-state index in [-0.39, 0.29) is 10.6 Å². The van der Waals surface area contributed by atoms with Crippen molar-refractivity contribution in [3.8, 4) is 0 Å². The van der Waals surface area contributed by atoms with Crippen LogP contribution in [-0.2, 0) is 10.0 Å². The van der Waals surface area contributed by atoms with Crippen LogP contribution in [0.25, 0.3) is 0 Å². The summed E-state index contributed by atoms with van der Waals surface area (Å²) in [5.41, 5.74) is -0.0460. The highest BCUT2D eigenvalue weighted by atomic mass is 32.2. The second-order valence-electron chi connectivity index (χ2n) is 8.25.